The number of hydrogen-bond donors (Lipinski definition) is 2. The quantitative estimate of drug-likeness (QED) is 0.820. The van der Waals surface area contributed by atoms with Crippen molar-refractivity contribution in [1.82, 2.24) is 9.78 Å². The molecule has 1 aromatic heterocycles. The molecule has 1 aromatic carbocycles. The molecule has 0 aliphatic heterocycles. The first-order valence-corrected chi connectivity index (χ1v) is 5.19. The van der Waals surface area contributed by atoms with Crippen LogP contribution in [0.5, 0.6) is 5.75 Å². The van der Waals surface area contributed by atoms with Crippen molar-refractivity contribution in [1.29, 1.82) is 0 Å². The fourth-order valence-corrected chi connectivity index (χ4v) is 1.67. The van der Waals surface area contributed by atoms with Gasteiger partial charge in [-0.05, 0) is 18.6 Å². The van der Waals surface area contributed by atoms with E-state index >= 15 is 0 Å². The van der Waals surface area contributed by atoms with Gasteiger partial charge >= 0.3 is 0 Å². The van der Waals surface area contributed by atoms with E-state index in [1.807, 2.05) is 25.3 Å². The highest BCUT2D eigenvalue weighted by Crippen LogP contribution is 2.22. The van der Waals surface area contributed by atoms with Crippen LogP contribution in [-0.4, -0.2) is 14.9 Å². The number of benzene rings is 1. The largest absolute Gasteiger partial charge is 0.508 e. The predicted octanol–water partition coefficient (Wildman–Crippen LogP) is 1.60. The number of aryl methyl sites for hydroxylation is 1. The third kappa shape index (κ3) is 2.23. The predicted molar refractivity (Wildman–Crippen MR) is 62.0 cm³/mol. The zero-order valence-corrected chi connectivity index (χ0v) is 9.17. The van der Waals surface area contributed by atoms with Crippen LogP contribution in [0.3, 0.4) is 0 Å². The van der Waals surface area contributed by atoms with Gasteiger partial charge in [-0.1, -0.05) is 18.2 Å². The van der Waals surface area contributed by atoms with Crippen LogP contribution < -0.4 is 5.73 Å². The molecule has 4 nitrogen and oxygen atoms in total. The van der Waals surface area contributed by atoms with Gasteiger partial charge < -0.3 is 10.8 Å². The number of hydrogen-bond acceptors (Lipinski definition) is 3. The Labute approximate surface area is 94.3 Å². The summed E-state index contributed by atoms with van der Waals surface area (Å²) in [6.45, 7) is 2.54. The zero-order valence-electron chi connectivity index (χ0n) is 9.17. The van der Waals surface area contributed by atoms with Gasteiger partial charge in [0, 0.05) is 11.8 Å². The Morgan fingerprint density at radius 1 is 1.44 bits per heavy atom. The average Bonchev–Trinajstić information content (AvgIpc) is 2.64. The first kappa shape index (κ1) is 10.7. The first-order valence-electron chi connectivity index (χ1n) is 5.19. The molecule has 16 heavy (non-hydrogen) atoms. The van der Waals surface area contributed by atoms with E-state index in [1.165, 1.54) is 0 Å². The molecule has 3 N–H and O–H groups in total. The molecule has 0 saturated carbocycles. The van der Waals surface area contributed by atoms with Crippen LogP contribution in [0, 0.1) is 6.92 Å². The number of nitrogens with zero attached hydrogens (tertiary/aromatic N) is 2. The fraction of sp³-hybridized carbons (Fsp3) is 0.250. The summed E-state index contributed by atoms with van der Waals surface area (Å²) in [5, 5.41) is 13.8. The minimum Gasteiger partial charge on any atom is -0.508 e. The second kappa shape index (κ2) is 4.37. The highest BCUT2D eigenvalue weighted by Gasteiger charge is 2.10. The maximum atomic E-state index is 9.65. The Hall–Kier alpha value is -1.81. The molecule has 1 heterocycles. The number of aromatic hydroxyl groups is 1. The van der Waals surface area contributed by atoms with Crippen LogP contribution in [0.15, 0.2) is 36.7 Å². The summed E-state index contributed by atoms with van der Waals surface area (Å²) in [5.41, 5.74) is 7.86. The van der Waals surface area contributed by atoms with Crippen molar-refractivity contribution in [2.75, 3.05) is 0 Å². The van der Waals surface area contributed by atoms with Gasteiger partial charge in [-0.15, -0.1) is 0 Å². The monoisotopic (exact) mass is 217 g/mol. The SMILES string of the molecule is Cc1cnn(CC(N)c2ccccc2O)c1. The van der Waals surface area contributed by atoms with Gasteiger partial charge in [-0.3, -0.25) is 4.68 Å². The minimum atomic E-state index is -0.250. The summed E-state index contributed by atoms with van der Waals surface area (Å²) < 4.78 is 1.78. The standard InChI is InChI=1S/C12H15N3O/c1-9-6-14-15(7-9)8-11(13)10-4-2-3-5-12(10)16/h2-7,11,16H,8,13H2,1H3. The molecule has 0 aliphatic rings. The molecule has 1 unspecified atom stereocenters. The first-order chi connectivity index (χ1) is 7.66. The summed E-state index contributed by atoms with van der Waals surface area (Å²) in [6.07, 6.45) is 3.72. The molecule has 0 fully saturated rings. The molecule has 0 amide bonds. The Balaban J connectivity index is 2.14. The lowest BCUT2D eigenvalue weighted by atomic mass is 10.1. The molecule has 0 spiro atoms. The van der Waals surface area contributed by atoms with Gasteiger partial charge in [0.25, 0.3) is 0 Å². The lowest BCUT2D eigenvalue weighted by Gasteiger charge is -2.13. The highest BCUT2D eigenvalue weighted by atomic mass is 16.3. The maximum absolute atomic E-state index is 9.65. The molecule has 84 valence electrons. The van der Waals surface area contributed by atoms with E-state index in [4.69, 9.17) is 5.73 Å². The van der Waals surface area contributed by atoms with Crippen LogP contribution in [0.4, 0.5) is 0 Å². The number of rotatable bonds is 3. The van der Waals surface area contributed by atoms with Gasteiger partial charge in [0.2, 0.25) is 0 Å². The molecule has 4 heteroatoms. The molecule has 2 aromatic rings. The van der Waals surface area contributed by atoms with Gasteiger partial charge in [0.1, 0.15) is 5.75 Å². The lowest BCUT2D eigenvalue weighted by Crippen LogP contribution is -2.18. The van der Waals surface area contributed by atoms with Gasteiger partial charge in [0.15, 0.2) is 0 Å². The Bertz CT molecular complexity index is 479. The van der Waals surface area contributed by atoms with E-state index < -0.39 is 0 Å². The van der Waals surface area contributed by atoms with E-state index in [0.717, 1.165) is 11.1 Å². The van der Waals surface area contributed by atoms with Crippen LogP contribution in [0.1, 0.15) is 17.2 Å². The van der Waals surface area contributed by atoms with E-state index in [1.54, 1.807) is 23.0 Å². The number of aromatic nitrogens is 2. The number of phenols is 1. The Morgan fingerprint density at radius 3 is 2.81 bits per heavy atom. The van der Waals surface area contributed by atoms with Crippen LogP contribution in [0.2, 0.25) is 0 Å². The topological polar surface area (TPSA) is 64.1 Å². The Kier molecular flexibility index (Phi) is 2.92. The van der Waals surface area contributed by atoms with Gasteiger partial charge in [-0.25, -0.2) is 0 Å². The van der Waals surface area contributed by atoms with Crippen molar-refractivity contribution in [3.63, 3.8) is 0 Å². The molecular weight excluding hydrogens is 202 g/mol. The summed E-state index contributed by atoms with van der Waals surface area (Å²) in [4.78, 5) is 0. The van der Waals surface area contributed by atoms with Crippen molar-refractivity contribution in [2.45, 2.75) is 19.5 Å². The normalized spacial score (nSPS) is 12.6. The summed E-state index contributed by atoms with van der Waals surface area (Å²) in [6, 6.07) is 6.87. The summed E-state index contributed by atoms with van der Waals surface area (Å²) in [5.74, 6) is 0.235. The smallest absolute Gasteiger partial charge is 0.120 e. The van der Waals surface area contributed by atoms with Crippen molar-refractivity contribution in [2.24, 2.45) is 5.73 Å². The summed E-state index contributed by atoms with van der Waals surface area (Å²) >= 11 is 0. The summed E-state index contributed by atoms with van der Waals surface area (Å²) in [7, 11) is 0. The minimum absolute atomic E-state index is 0.235. The maximum Gasteiger partial charge on any atom is 0.120 e. The molecule has 0 bridgehead atoms. The molecule has 2 rings (SSSR count). The average molecular weight is 217 g/mol. The van der Waals surface area contributed by atoms with Gasteiger partial charge in [0.05, 0.1) is 18.8 Å². The highest BCUT2D eigenvalue weighted by molar-refractivity contribution is 5.34. The zero-order chi connectivity index (χ0) is 11.5. The van der Waals surface area contributed by atoms with Crippen molar-refractivity contribution >= 4 is 0 Å². The third-order valence-corrected chi connectivity index (χ3v) is 2.48. The van der Waals surface area contributed by atoms with Crippen LogP contribution in [-0.2, 0) is 6.54 Å². The molecule has 0 aliphatic carbocycles. The van der Waals surface area contributed by atoms with E-state index in [9.17, 15) is 5.11 Å². The number of nitrogens with two attached hydrogens (primary N) is 1. The second-order valence-corrected chi connectivity index (χ2v) is 3.91. The fourth-order valence-electron chi connectivity index (χ4n) is 1.67. The second-order valence-electron chi connectivity index (χ2n) is 3.91. The van der Waals surface area contributed by atoms with Crippen molar-refractivity contribution < 1.29 is 5.11 Å². The van der Waals surface area contributed by atoms with E-state index in [-0.39, 0.29) is 11.8 Å². The number of para-hydroxylation sites is 1. The van der Waals surface area contributed by atoms with E-state index in [2.05, 4.69) is 5.10 Å². The number of phenolic OH excluding ortho intramolecular Hbond substituents is 1. The van der Waals surface area contributed by atoms with Crippen LogP contribution >= 0.6 is 0 Å². The third-order valence-electron chi connectivity index (χ3n) is 2.48. The molecular formula is C12H15N3O. The molecule has 1 atom stereocenters. The molecule has 0 radical (unpaired) electrons. The van der Waals surface area contributed by atoms with Crippen LogP contribution in [0.25, 0.3) is 0 Å². The Morgan fingerprint density at radius 2 is 2.19 bits per heavy atom. The van der Waals surface area contributed by atoms with E-state index in [0.29, 0.717) is 6.54 Å². The lowest BCUT2D eigenvalue weighted by molar-refractivity contribution is 0.448. The van der Waals surface area contributed by atoms with Gasteiger partial charge in [-0.2, -0.15) is 5.10 Å². The van der Waals surface area contributed by atoms with Crippen molar-refractivity contribution in [3.05, 3.63) is 47.8 Å². The van der Waals surface area contributed by atoms with Crippen molar-refractivity contribution in [3.8, 4) is 5.75 Å². The molecule has 0 saturated heterocycles.